The molecule has 0 bridgehead atoms. The van der Waals surface area contributed by atoms with Gasteiger partial charge >= 0.3 is 0 Å². The number of benzene rings is 1. The van der Waals surface area contributed by atoms with Crippen molar-refractivity contribution in [3.8, 4) is 11.5 Å². The maximum absolute atomic E-state index is 12.7. The van der Waals surface area contributed by atoms with Gasteiger partial charge in [-0.25, -0.2) is 13.1 Å². The molecule has 2 rings (SSSR count). The van der Waals surface area contributed by atoms with Crippen molar-refractivity contribution < 1.29 is 22.7 Å². The van der Waals surface area contributed by atoms with E-state index in [1.165, 1.54) is 0 Å². The molecule has 2 atom stereocenters. The number of rotatable bonds is 7. The molecule has 0 amide bonds. The molecule has 1 aliphatic rings. The van der Waals surface area contributed by atoms with Gasteiger partial charge in [0.15, 0.2) is 11.5 Å². The zero-order chi connectivity index (χ0) is 17.9. The number of hydrogen-bond donors (Lipinski definition) is 1. The molecule has 0 spiro atoms. The first-order chi connectivity index (χ1) is 11.3. The molecule has 1 fully saturated rings. The summed E-state index contributed by atoms with van der Waals surface area (Å²) in [6, 6.07) is 4.97. The minimum atomic E-state index is -3.51. The summed E-state index contributed by atoms with van der Waals surface area (Å²) in [5.41, 5.74) is 0.799. The molecular weight excluding hydrogens is 332 g/mol. The second kappa shape index (κ2) is 7.69. The van der Waals surface area contributed by atoms with Crippen LogP contribution in [0, 0.1) is 5.92 Å². The quantitative estimate of drug-likeness (QED) is 0.797. The molecule has 136 valence electrons. The van der Waals surface area contributed by atoms with Crippen molar-refractivity contribution in [3.63, 3.8) is 0 Å². The summed E-state index contributed by atoms with van der Waals surface area (Å²) in [5.74, 6) is 1.39. The molecule has 1 N–H and O–H groups in total. The van der Waals surface area contributed by atoms with Gasteiger partial charge in [-0.15, -0.1) is 0 Å². The molecule has 0 aliphatic carbocycles. The zero-order valence-electron chi connectivity index (χ0n) is 14.8. The van der Waals surface area contributed by atoms with Crippen LogP contribution in [0.1, 0.15) is 25.5 Å². The fourth-order valence-corrected chi connectivity index (χ4v) is 4.39. The standard InChI is InChI=1S/C16H26N2O5S/c1-11(2)9-17-24(19,20)15-10-23-18(3)16(15)12-6-7-13(21-4)14(8-12)22-5/h6-8,11,15-17H,9-10H2,1-5H3. The van der Waals surface area contributed by atoms with E-state index in [0.29, 0.717) is 18.0 Å². The average molecular weight is 358 g/mol. The number of nitrogens with zero attached hydrogens (tertiary/aromatic N) is 1. The van der Waals surface area contributed by atoms with E-state index < -0.39 is 21.3 Å². The van der Waals surface area contributed by atoms with E-state index in [-0.39, 0.29) is 12.5 Å². The Kier molecular flexibility index (Phi) is 6.08. The molecule has 1 aromatic carbocycles. The molecule has 0 radical (unpaired) electrons. The monoisotopic (exact) mass is 358 g/mol. The largest absolute Gasteiger partial charge is 0.493 e. The normalized spacial score (nSPS) is 22.1. The summed E-state index contributed by atoms with van der Waals surface area (Å²) < 4.78 is 38.6. The van der Waals surface area contributed by atoms with E-state index in [9.17, 15) is 8.42 Å². The molecule has 1 aromatic rings. The molecule has 8 heteroatoms. The Morgan fingerprint density at radius 1 is 1.29 bits per heavy atom. The first kappa shape index (κ1) is 19.0. The third-order valence-electron chi connectivity index (χ3n) is 4.03. The van der Waals surface area contributed by atoms with Gasteiger partial charge in [0.05, 0.1) is 26.9 Å². The van der Waals surface area contributed by atoms with Crippen LogP contribution in [0.15, 0.2) is 18.2 Å². The highest BCUT2D eigenvalue weighted by Gasteiger charge is 2.43. The van der Waals surface area contributed by atoms with Gasteiger partial charge in [-0.1, -0.05) is 19.9 Å². The van der Waals surface area contributed by atoms with Crippen molar-refractivity contribution >= 4 is 10.0 Å². The second-order valence-electron chi connectivity index (χ2n) is 6.23. The molecule has 0 saturated carbocycles. The van der Waals surface area contributed by atoms with E-state index in [0.717, 1.165) is 5.56 Å². The highest BCUT2D eigenvalue weighted by atomic mass is 32.2. The lowest BCUT2D eigenvalue weighted by Crippen LogP contribution is -2.40. The molecule has 1 heterocycles. The fraction of sp³-hybridized carbons (Fsp3) is 0.625. The Hall–Kier alpha value is -1.35. The molecule has 1 saturated heterocycles. The minimum absolute atomic E-state index is 0.114. The molecule has 24 heavy (non-hydrogen) atoms. The van der Waals surface area contributed by atoms with Crippen LogP contribution < -0.4 is 14.2 Å². The predicted molar refractivity (Wildman–Crippen MR) is 91.6 cm³/mol. The molecule has 2 unspecified atom stereocenters. The van der Waals surface area contributed by atoms with Crippen molar-refractivity contribution in [2.75, 3.05) is 34.4 Å². The maximum Gasteiger partial charge on any atom is 0.218 e. The lowest BCUT2D eigenvalue weighted by molar-refractivity contribution is -0.110. The van der Waals surface area contributed by atoms with Gasteiger partial charge in [0, 0.05) is 13.6 Å². The van der Waals surface area contributed by atoms with Crippen LogP contribution in [0.4, 0.5) is 0 Å². The van der Waals surface area contributed by atoms with Crippen molar-refractivity contribution in [1.82, 2.24) is 9.79 Å². The summed E-state index contributed by atoms with van der Waals surface area (Å²) in [6.45, 7) is 4.45. The summed E-state index contributed by atoms with van der Waals surface area (Å²) >= 11 is 0. The van der Waals surface area contributed by atoms with E-state index in [4.69, 9.17) is 14.3 Å². The second-order valence-corrected chi connectivity index (χ2v) is 8.21. The Bertz CT molecular complexity index is 662. The Labute approximate surface area is 143 Å². The van der Waals surface area contributed by atoms with Gasteiger partial charge in [-0.2, -0.15) is 5.06 Å². The van der Waals surface area contributed by atoms with Crippen LogP contribution in [0.3, 0.4) is 0 Å². The number of methoxy groups -OCH3 is 2. The van der Waals surface area contributed by atoms with Crippen LogP contribution in [0.2, 0.25) is 0 Å². The summed E-state index contributed by atoms with van der Waals surface area (Å²) in [5, 5.41) is 0.889. The first-order valence-electron chi connectivity index (χ1n) is 7.86. The van der Waals surface area contributed by atoms with E-state index >= 15 is 0 Å². The summed E-state index contributed by atoms with van der Waals surface area (Å²) in [6.07, 6.45) is 0. The fourth-order valence-electron chi connectivity index (χ4n) is 2.71. The van der Waals surface area contributed by atoms with Crippen LogP contribution in [0.25, 0.3) is 0 Å². The minimum Gasteiger partial charge on any atom is -0.493 e. The van der Waals surface area contributed by atoms with Crippen LogP contribution >= 0.6 is 0 Å². The third kappa shape index (κ3) is 4.00. The lowest BCUT2D eigenvalue weighted by atomic mass is 10.0. The Balaban J connectivity index is 2.32. The van der Waals surface area contributed by atoms with Gasteiger partial charge in [0.2, 0.25) is 10.0 Å². The van der Waals surface area contributed by atoms with Crippen LogP contribution in [-0.2, 0) is 14.9 Å². The number of ether oxygens (including phenoxy) is 2. The number of nitrogens with one attached hydrogen (secondary N) is 1. The van der Waals surface area contributed by atoms with Crippen LogP contribution in [-0.4, -0.2) is 53.1 Å². The first-order valence-corrected chi connectivity index (χ1v) is 9.41. The van der Waals surface area contributed by atoms with Gasteiger partial charge in [0.25, 0.3) is 0 Å². The summed E-state index contributed by atoms with van der Waals surface area (Å²) in [4.78, 5) is 5.50. The number of hydrogen-bond acceptors (Lipinski definition) is 6. The smallest absolute Gasteiger partial charge is 0.218 e. The van der Waals surface area contributed by atoms with Crippen molar-refractivity contribution in [2.45, 2.75) is 25.1 Å². The molecular formula is C16H26N2O5S. The highest BCUT2D eigenvalue weighted by molar-refractivity contribution is 7.90. The third-order valence-corrected chi connectivity index (χ3v) is 5.79. The van der Waals surface area contributed by atoms with Gasteiger partial charge in [-0.3, -0.25) is 4.84 Å². The molecule has 1 aliphatic heterocycles. The average Bonchev–Trinajstić information content (AvgIpc) is 2.95. The predicted octanol–water partition coefficient (Wildman–Crippen LogP) is 1.57. The molecule has 0 aromatic heterocycles. The Morgan fingerprint density at radius 2 is 1.96 bits per heavy atom. The maximum atomic E-state index is 12.7. The van der Waals surface area contributed by atoms with E-state index in [2.05, 4.69) is 4.72 Å². The molecule has 7 nitrogen and oxygen atoms in total. The lowest BCUT2D eigenvalue weighted by Gasteiger charge is -2.24. The Morgan fingerprint density at radius 3 is 2.54 bits per heavy atom. The zero-order valence-corrected chi connectivity index (χ0v) is 15.6. The number of hydroxylamine groups is 2. The topological polar surface area (TPSA) is 77.1 Å². The van der Waals surface area contributed by atoms with Crippen molar-refractivity contribution in [3.05, 3.63) is 23.8 Å². The highest BCUT2D eigenvalue weighted by Crippen LogP contribution is 2.37. The van der Waals surface area contributed by atoms with Gasteiger partial charge in [0.1, 0.15) is 5.25 Å². The van der Waals surface area contributed by atoms with Crippen molar-refractivity contribution in [2.24, 2.45) is 5.92 Å². The van der Waals surface area contributed by atoms with Gasteiger partial charge < -0.3 is 9.47 Å². The number of sulfonamides is 1. The summed E-state index contributed by atoms with van der Waals surface area (Å²) in [7, 11) is 1.34. The van der Waals surface area contributed by atoms with Crippen molar-refractivity contribution in [1.29, 1.82) is 0 Å². The van der Waals surface area contributed by atoms with Gasteiger partial charge in [-0.05, 0) is 23.6 Å². The van der Waals surface area contributed by atoms with Crippen LogP contribution in [0.5, 0.6) is 11.5 Å². The van der Waals surface area contributed by atoms with E-state index in [1.54, 1.807) is 38.5 Å². The van der Waals surface area contributed by atoms with E-state index in [1.807, 2.05) is 19.9 Å². The SMILES string of the molecule is COc1ccc(C2C(S(=O)(=O)NCC(C)C)CON2C)cc1OC.